The molecule has 0 fully saturated rings. The van der Waals surface area contributed by atoms with Gasteiger partial charge in [-0.05, 0) is 23.8 Å². The van der Waals surface area contributed by atoms with Crippen LogP contribution in [0.25, 0.3) is 11.1 Å². The van der Waals surface area contributed by atoms with E-state index >= 15 is 0 Å². The third kappa shape index (κ3) is 6.46. The van der Waals surface area contributed by atoms with Gasteiger partial charge in [-0.2, -0.15) is 0 Å². The van der Waals surface area contributed by atoms with Crippen LogP contribution in [-0.4, -0.2) is 40.1 Å². The van der Waals surface area contributed by atoms with Crippen LogP contribution in [-0.2, 0) is 22.7 Å². The predicted molar refractivity (Wildman–Crippen MR) is 134 cm³/mol. The second-order valence-electron chi connectivity index (χ2n) is 7.51. The maximum absolute atomic E-state index is 13.8. The molecule has 9 heteroatoms. The number of benzene rings is 3. The van der Waals surface area contributed by atoms with Gasteiger partial charge in [-0.25, -0.2) is 4.39 Å². The molecule has 0 unspecified atom stereocenters. The first-order valence-corrected chi connectivity index (χ1v) is 12.0. The quantitative estimate of drug-likeness (QED) is 0.296. The van der Waals surface area contributed by atoms with Gasteiger partial charge in [0, 0.05) is 19.2 Å². The van der Waals surface area contributed by atoms with E-state index in [4.69, 9.17) is 9.47 Å². The van der Waals surface area contributed by atoms with Crippen molar-refractivity contribution in [3.8, 4) is 16.9 Å². The number of para-hydroxylation sites is 2. The standard InChI is InChI=1S/C26H25FN4O3S/c1-33-16-15-31-24(17-34-23-14-8-5-11-20(23)19-9-3-2-4-10-19)29-30-26(31)35-18-25(32)28-22-13-7-6-12-21(22)27/h2-14H,15-18H2,1H3,(H,28,32). The first-order valence-electron chi connectivity index (χ1n) is 11.0. The van der Waals surface area contributed by atoms with E-state index in [1.54, 1.807) is 19.2 Å². The van der Waals surface area contributed by atoms with Crippen LogP contribution in [0.4, 0.5) is 10.1 Å². The molecule has 1 N–H and O–H groups in total. The summed E-state index contributed by atoms with van der Waals surface area (Å²) in [4.78, 5) is 12.3. The second kappa shape index (κ2) is 12.1. The van der Waals surface area contributed by atoms with Crippen LogP contribution in [0.3, 0.4) is 0 Å². The Morgan fingerprint density at radius 3 is 2.54 bits per heavy atom. The Bertz CT molecular complexity index is 1270. The average Bonchev–Trinajstić information content (AvgIpc) is 3.28. The molecule has 1 amide bonds. The van der Waals surface area contributed by atoms with Gasteiger partial charge in [-0.1, -0.05) is 72.4 Å². The van der Waals surface area contributed by atoms with Crippen LogP contribution < -0.4 is 10.1 Å². The largest absolute Gasteiger partial charge is 0.485 e. The molecule has 3 aromatic carbocycles. The lowest BCUT2D eigenvalue weighted by Crippen LogP contribution is -2.16. The lowest BCUT2D eigenvalue weighted by Gasteiger charge is -2.13. The fourth-order valence-corrected chi connectivity index (χ4v) is 4.19. The van der Waals surface area contributed by atoms with E-state index < -0.39 is 5.82 Å². The third-order valence-corrected chi connectivity index (χ3v) is 6.09. The van der Waals surface area contributed by atoms with Crippen molar-refractivity contribution < 1.29 is 18.7 Å². The number of carbonyl (C=O) groups excluding carboxylic acids is 1. The highest BCUT2D eigenvalue weighted by molar-refractivity contribution is 7.99. The number of aromatic nitrogens is 3. The average molecular weight is 493 g/mol. The zero-order chi connectivity index (χ0) is 24.5. The van der Waals surface area contributed by atoms with Crippen molar-refractivity contribution in [1.29, 1.82) is 0 Å². The van der Waals surface area contributed by atoms with E-state index in [1.165, 1.54) is 23.9 Å². The number of ether oxygens (including phenoxy) is 2. The van der Waals surface area contributed by atoms with E-state index in [-0.39, 0.29) is 24.0 Å². The van der Waals surface area contributed by atoms with Gasteiger partial charge in [-0.3, -0.25) is 4.79 Å². The number of halogens is 1. The predicted octanol–water partition coefficient (Wildman–Crippen LogP) is 5.04. The molecule has 0 atom stereocenters. The van der Waals surface area contributed by atoms with Crippen LogP contribution in [0.2, 0.25) is 0 Å². The SMILES string of the molecule is COCCn1c(COc2ccccc2-c2ccccc2)nnc1SCC(=O)Nc1ccccc1F. The summed E-state index contributed by atoms with van der Waals surface area (Å²) in [5.74, 6) is 0.581. The van der Waals surface area contributed by atoms with Gasteiger partial charge in [0.1, 0.15) is 18.2 Å². The summed E-state index contributed by atoms with van der Waals surface area (Å²) < 4.78 is 27.0. The Balaban J connectivity index is 1.44. The van der Waals surface area contributed by atoms with E-state index in [9.17, 15) is 9.18 Å². The summed E-state index contributed by atoms with van der Waals surface area (Å²) in [6, 6.07) is 23.9. The lowest BCUT2D eigenvalue weighted by molar-refractivity contribution is -0.113. The molecule has 1 heterocycles. The van der Waals surface area contributed by atoms with E-state index in [0.717, 1.165) is 16.9 Å². The van der Waals surface area contributed by atoms with Crippen molar-refractivity contribution in [3.05, 3.63) is 90.5 Å². The normalized spacial score (nSPS) is 10.8. The zero-order valence-electron chi connectivity index (χ0n) is 19.2. The highest BCUT2D eigenvalue weighted by atomic mass is 32.2. The smallest absolute Gasteiger partial charge is 0.234 e. The highest BCUT2D eigenvalue weighted by Crippen LogP contribution is 2.30. The number of rotatable bonds is 11. The summed E-state index contributed by atoms with van der Waals surface area (Å²) in [6.45, 7) is 1.14. The molecule has 0 aliphatic carbocycles. The molecule has 0 radical (unpaired) electrons. The van der Waals surface area contributed by atoms with E-state index in [2.05, 4.69) is 15.5 Å². The summed E-state index contributed by atoms with van der Waals surface area (Å²) in [6.07, 6.45) is 0. The maximum atomic E-state index is 13.8. The lowest BCUT2D eigenvalue weighted by atomic mass is 10.1. The van der Waals surface area contributed by atoms with Crippen molar-refractivity contribution in [3.63, 3.8) is 0 Å². The molecule has 35 heavy (non-hydrogen) atoms. The zero-order valence-corrected chi connectivity index (χ0v) is 20.0. The maximum Gasteiger partial charge on any atom is 0.234 e. The van der Waals surface area contributed by atoms with Gasteiger partial charge in [0.2, 0.25) is 5.91 Å². The molecule has 0 spiro atoms. The topological polar surface area (TPSA) is 78.3 Å². The van der Waals surface area contributed by atoms with Crippen molar-refractivity contribution >= 4 is 23.4 Å². The van der Waals surface area contributed by atoms with Crippen LogP contribution >= 0.6 is 11.8 Å². The molecule has 0 saturated heterocycles. The van der Waals surface area contributed by atoms with Crippen LogP contribution in [0, 0.1) is 5.82 Å². The van der Waals surface area contributed by atoms with Gasteiger partial charge in [0.15, 0.2) is 11.0 Å². The monoisotopic (exact) mass is 492 g/mol. The molecular weight excluding hydrogens is 467 g/mol. The van der Waals surface area contributed by atoms with Gasteiger partial charge >= 0.3 is 0 Å². The number of nitrogens with zero attached hydrogens (tertiary/aromatic N) is 3. The Kier molecular flexibility index (Phi) is 8.48. The molecule has 0 saturated carbocycles. The van der Waals surface area contributed by atoms with Gasteiger partial charge in [0.05, 0.1) is 18.0 Å². The minimum Gasteiger partial charge on any atom is -0.485 e. The molecule has 180 valence electrons. The molecule has 1 aromatic heterocycles. The fourth-order valence-electron chi connectivity index (χ4n) is 3.41. The van der Waals surface area contributed by atoms with Crippen molar-refractivity contribution in [2.45, 2.75) is 18.3 Å². The van der Waals surface area contributed by atoms with Crippen molar-refractivity contribution in [1.82, 2.24) is 14.8 Å². The summed E-state index contributed by atoms with van der Waals surface area (Å²) >= 11 is 1.22. The van der Waals surface area contributed by atoms with E-state index in [0.29, 0.717) is 24.1 Å². The Hall–Kier alpha value is -3.69. The number of amides is 1. The van der Waals surface area contributed by atoms with Crippen molar-refractivity contribution in [2.75, 3.05) is 24.8 Å². The Labute approximate surface area is 207 Å². The van der Waals surface area contributed by atoms with Crippen LogP contribution in [0.15, 0.2) is 84.0 Å². The minimum atomic E-state index is -0.482. The number of hydrogen-bond donors (Lipinski definition) is 1. The number of thioether (sulfide) groups is 1. The van der Waals surface area contributed by atoms with Crippen molar-refractivity contribution in [2.24, 2.45) is 0 Å². The first-order chi connectivity index (χ1) is 17.2. The highest BCUT2D eigenvalue weighted by Gasteiger charge is 2.16. The van der Waals surface area contributed by atoms with Gasteiger partial charge in [-0.15, -0.1) is 10.2 Å². The van der Waals surface area contributed by atoms with Crippen LogP contribution in [0.1, 0.15) is 5.82 Å². The Morgan fingerprint density at radius 1 is 1.00 bits per heavy atom. The second-order valence-corrected chi connectivity index (χ2v) is 8.45. The Morgan fingerprint density at radius 2 is 1.74 bits per heavy atom. The molecule has 0 aliphatic rings. The molecule has 4 rings (SSSR count). The first kappa shape index (κ1) is 24.4. The fraction of sp³-hybridized carbons (Fsp3) is 0.192. The summed E-state index contributed by atoms with van der Waals surface area (Å²) in [5.41, 5.74) is 2.18. The summed E-state index contributed by atoms with van der Waals surface area (Å²) in [5, 5.41) is 11.7. The molecule has 7 nitrogen and oxygen atoms in total. The summed E-state index contributed by atoms with van der Waals surface area (Å²) in [7, 11) is 1.62. The third-order valence-electron chi connectivity index (χ3n) is 5.12. The van der Waals surface area contributed by atoms with Gasteiger partial charge in [0.25, 0.3) is 0 Å². The molecule has 4 aromatic rings. The van der Waals surface area contributed by atoms with E-state index in [1.807, 2.05) is 59.2 Å². The molecule has 0 bridgehead atoms. The number of methoxy groups -OCH3 is 1. The molecule has 0 aliphatic heterocycles. The number of carbonyl (C=O) groups is 1. The number of hydrogen-bond acceptors (Lipinski definition) is 6. The van der Waals surface area contributed by atoms with Gasteiger partial charge < -0.3 is 19.4 Å². The molecular formula is C26H25FN4O3S. The number of anilines is 1. The minimum absolute atomic E-state index is 0.0527. The van der Waals surface area contributed by atoms with Crippen LogP contribution in [0.5, 0.6) is 5.75 Å². The number of nitrogens with one attached hydrogen (secondary N) is 1.